The third-order valence-electron chi connectivity index (χ3n) is 3.54. The van der Waals surface area contributed by atoms with Crippen LogP contribution in [0, 0.1) is 0 Å². The topological polar surface area (TPSA) is 31.9 Å². The minimum Gasteiger partial charge on any atom is -0.375 e. The summed E-state index contributed by atoms with van der Waals surface area (Å²) in [5, 5.41) is 5.22. The average Bonchev–Trinajstić information content (AvgIpc) is 2.55. The molecule has 0 aliphatic heterocycles. The molecular formula is C19H30N3+. The van der Waals surface area contributed by atoms with Crippen molar-refractivity contribution in [2.45, 2.75) is 13.3 Å². The summed E-state index contributed by atoms with van der Waals surface area (Å²) in [4.78, 5) is 2.29. The number of anilines is 1. The van der Waals surface area contributed by atoms with Gasteiger partial charge in [-0.3, -0.25) is 0 Å². The molecule has 0 fully saturated rings. The van der Waals surface area contributed by atoms with Crippen molar-refractivity contribution in [2.75, 3.05) is 39.1 Å². The molecule has 3 nitrogen and oxygen atoms in total. The Morgan fingerprint density at radius 2 is 1.95 bits per heavy atom. The van der Waals surface area contributed by atoms with Crippen molar-refractivity contribution in [2.24, 2.45) is 0 Å². The third kappa shape index (κ3) is 6.74. The Morgan fingerprint density at radius 3 is 2.55 bits per heavy atom. The quantitative estimate of drug-likeness (QED) is 0.542. The Labute approximate surface area is 135 Å². The standard InChI is InChI=1S/C19H29N3/c1-5-17(13-15-21-3)7-8-18-9-11-19(12-10-18)22(4)16-6-14-20-2/h5,7-13,15,20-21H,6,14,16H2,1-4H3/p+1. The summed E-state index contributed by atoms with van der Waals surface area (Å²) in [7, 11) is 6.16. The van der Waals surface area contributed by atoms with Gasteiger partial charge in [0.1, 0.15) is 0 Å². The van der Waals surface area contributed by atoms with E-state index in [1.807, 2.05) is 19.4 Å². The highest BCUT2D eigenvalue weighted by Crippen LogP contribution is 2.15. The van der Waals surface area contributed by atoms with Gasteiger partial charge in [0, 0.05) is 19.3 Å². The van der Waals surface area contributed by atoms with Crippen molar-refractivity contribution < 1.29 is 5.32 Å². The number of nitrogens with zero attached hydrogens (tertiary/aromatic N) is 1. The smallest absolute Gasteiger partial charge is 0.0929 e. The van der Waals surface area contributed by atoms with Crippen molar-refractivity contribution in [1.82, 2.24) is 5.32 Å². The lowest BCUT2D eigenvalue weighted by molar-refractivity contribution is -0.556. The van der Waals surface area contributed by atoms with Gasteiger partial charge < -0.3 is 15.5 Å². The van der Waals surface area contributed by atoms with Crippen molar-refractivity contribution in [3.63, 3.8) is 0 Å². The molecule has 0 bridgehead atoms. The molecule has 3 heteroatoms. The Hall–Kier alpha value is -1.84. The van der Waals surface area contributed by atoms with Crippen LogP contribution in [0.15, 0.2) is 54.3 Å². The number of nitrogens with two attached hydrogens (primary N) is 1. The molecule has 0 radical (unpaired) electrons. The van der Waals surface area contributed by atoms with E-state index in [4.69, 9.17) is 0 Å². The zero-order chi connectivity index (χ0) is 16.2. The van der Waals surface area contributed by atoms with Crippen molar-refractivity contribution >= 4 is 11.8 Å². The van der Waals surface area contributed by atoms with E-state index in [2.05, 4.69) is 79.0 Å². The molecular weight excluding hydrogens is 270 g/mol. The van der Waals surface area contributed by atoms with E-state index in [0.29, 0.717) is 0 Å². The fraction of sp³-hybridized carbons (Fsp3) is 0.368. The first-order valence-corrected chi connectivity index (χ1v) is 7.97. The highest BCUT2D eigenvalue weighted by Gasteiger charge is 1.99. The van der Waals surface area contributed by atoms with Crippen molar-refractivity contribution in [3.05, 3.63) is 59.8 Å². The Kier molecular flexibility index (Phi) is 8.96. The van der Waals surface area contributed by atoms with Crippen molar-refractivity contribution in [1.29, 1.82) is 0 Å². The lowest BCUT2D eigenvalue weighted by Crippen LogP contribution is -2.72. The van der Waals surface area contributed by atoms with Gasteiger partial charge in [-0.1, -0.05) is 30.4 Å². The largest absolute Gasteiger partial charge is 0.375 e. The number of allylic oxidation sites excluding steroid dienone is 4. The molecule has 0 atom stereocenters. The first kappa shape index (κ1) is 18.2. The van der Waals surface area contributed by atoms with Gasteiger partial charge in [-0.15, -0.1) is 0 Å². The second-order valence-electron chi connectivity index (χ2n) is 5.28. The van der Waals surface area contributed by atoms with Gasteiger partial charge in [-0.05, 0) is 56.3 Å². The van der Waals surface area contributed by atoms with Gasteiger partial charge in [0.25, 0.3) is 0 Å². The Morgan fingerprint density at radius 1 is 1.23 bits per heavy atom. The maximum atomic E-state index is 3.18. The molecule has 0 saturated carbocycles. The molecule has 0 spiro atoms. The second-order valence-corrected chi connectivity index (χ2v) is 5.28. The molecule has 22 heavy (non-hydrogen) atoms. The summed E-state index contributed by atoms with van der Waals surface area (Å²) >= 11 is 0. The fourth-order valence-electron chi connectivity index (χ4n) is 2.11. The molecule has 0 unspecified atom stereocenters. The van der Waals surface area contributed by atoms with E-state index in [1.165, 1.54) is 16.8 Å². The minimum absolute atomic E-state index is 1.06. The van der Waals surface area contributed by atoms with Gasteiger partial charge in [0.15, 0.2) is 0 Å². The first-order chi connectivity index (χ1) is 10.7. The molecule has 1 aromatic rings. The van der Waals surface area contributed by atoms with Crippen LogP contribution >= 0.6 is 0 Å². The van der Waals surface area contributed by atoms with Gasteiger partial charge in [-0.25, -0.2) is 0 Å². The second kappa shape index (κ2) is 10.8. The van der Waals surface area contributed by atoms with Crippen molar-refractivity contribution in [3.8, 4) is 0 Å². The van der Waals surface area contributed by atoms with Crippen LogP contribution in [0.5, 0.6) is 0 Å². The minimum atomic E-state index is 1.06. The molecule has 0 heterocycles. The number of hydrogen-bond acceptors (Lipinski definition) is 2. The summed E-state index contributed by atoms with van der Waals surface area (Å²) < 4.78 is 0. The summed E-state index contributed by atoms with van der Waals surface area (Å²) in [6.07, 6.45) is 11.7. The predicted octanol–water partition coefficient (Wildman–Crippen LogP) is 2.40. The van der Waals surface area contributed by atoms with E-state index < -0.39 is 0 Å². The van der Waals surface area contributed by atoms with Gasteiger partial charge in [0.2, 0.25) is 0 Å². The van der Waals surface area contributed by atoms with Crippen LogP contribution in [0.1, 0.15) is 18.9 Å². The molecule has 0 aromatic heterocycles. The predicted molar refractivity (Wildman–Crippen MR) is 98.0 cm³/mol. The maximum absolute atomic E-state index is 3.18. The van der Waals surface area contributed by atoms with Crippen LogP contribution in [0.4, 0.5) is 5.69 Å². The SMILES string of the molecule is CC=C(C=C[NH2+]C)C=Cc1ccc(N(C)CCCNC)cc1. The first-order valence-electron chi connectivity index (χ1n) is 7.97. The van der Waals surface area contributed by atoms with Crippen LogP contribution in [0.3, 0.4) is 0 Å². The molecule has 1 aromatic carbocycles. The van der Waals surface area contributed by atoms with E-state index in [1.54, 1.807) is 0 Å². The van der Waals surface area contributed by atoms with E-state index in [0.717, 1.165) is 19.5 Å². The zero-order valence-corrected chi connectivity index (χ0v) is 14.3. The van der Waals surface area contributed by atoms with E-state index in [-0.39, 0.29) is 0 Å². The lowest BCUT2D eigenvalue weighted by Gasteiger charge is -2.19. The zero-order valence-electron chi connectivity index (χ0n) is 14.3. The van der Waals surface area contributed by atoms with Gasteiger partial charge >= 0.3 is 0 Å². The number of hydrogen-bond donors (Lipinski definition) is 2. The molecule has 120 valence electrons. The summed E-state index contributed by atoms with van der Waals surface area (Å²) in [6, 6.07) is 8.71. The highest BCUT2D eigenvalue weighted by molar-refractivity contribution is 5.58. The highest BCUT2D eigenvalue weighted by atomic mass is 15.1. The summed E-state index contributed by atoms with van der Waals surface area (Å²) in [5.74, 6) is 0. The Bertz CT molecular complexity index is 498. The van der Waals surface area contributed by atoms with E-state index >= 15 is 0 Å². The number of benzene rings is 1. The van der Waals surface area contributed by atoms with Crippen LogP contribution in [-0.4, -0.2) is 34.2 Å². The van der Waals surface area contributed by atoms with Gasteiger partial charge in [-0.2, -0.15) is 0 Å². The molecule has 1 rings (SSSR count). The Balaban J connectivity index is 2.62. The van der Waals surface area contributed by atoms with Crippen LogP contribution in [-0.2, 0) is 0 Å². The monoisotopic (exact) mass is 300 g/mol. The average molecular weight is 300 g/mol. The summed E-state index contributed by atoms with van der Waals surface area (Å²) in [6.45, 7) is 4.18. The lowest BCUT2D eigenvalue weighted by atomic mass is 10.1. The van der Waals surface area contributed by atoms with E-state index in [9.17, 15) is 0 Å². The molecule has 0 aliphatic carbocycles. The van der Waals surface area contributed by atoms with Crippen LogP contribution in [0.25, 0.3) is 6.08 Å². The fourth-order valence-corrected chi connectivity index (χ4v) is 2.11. The van der Waals surface area contributed by atoms with Crippen LogP contribution < -0.4 is 15.5 Å². The number of nitrogens with one attached hydrogen (secondary N) is 1. The molecule has 0 aliphatic rings. The maximum Gasteiger partial charge on any atom is 0.0929 e. The van der Waals surface area contributed by atoms with Gasteiger partial charge in [0.05, 0.1) is 13.2 Å². The number of rotatable bonds is 9. The van der Waals surface area contributed by atoms with Crippen LogP contribution in [0.2, 0.25) is 0 Å². The third-order valence-corrected chi connectivity index (χ3v) is 3.54. The number of quaternary nitrogens is 1. The summed E-state index contributed by atoms with van der Waals surface area (Å²) in [5.41, 5.74) is 3.70. The normalized spacial score (nSPS) is 12.5. The molecule has 3 N–H and O–H groups in total. The molecule has 0 amide bonds. The molecule has 0 saturated heterocycles.